The molecule has 1 aromatic heterocycles. The standard InChI is InChI=1S/C11H8ClN3O3/c1-2-7-5-10(16)14(6-7)11-8(15(17)18)3-4-9(12)13-11/h1,3-4,7H,5-6H2. The second-order valence-corrected chi connectivity index (χ2v) is 4.19. The number of aromatic nitrogens is 1. The van der Waals surface area contributed by atoms with E-state index in [4.69, 9.17) is 18.0 Å². The average molecular weight is 266 g/mol. The van der Waals surface area contributed by atoms with E-state index in [9.17, 15) is 14.9 Å². The van der Waals surface area contributed by atoms with Crippen LogP contribution in [0, 0.1) is 28.4 Å². The fourth-order valence-corrected chi connectivity index (χ4v) is 1.93. The highest BCUT2D eigenvalue weighted by Gasteiger charge is 2.34. The van der Waals surface area contributed by atoms with Gasteiger partial charge in [-0.3, -0.25) is 19.8 Å². The monoisotopic (exact) mass is 265 g/mol. The highest BCUT2D eigenvalue weighted by molar-refractivity contribution is 6.29. The van der Waals surface area contributed by atoms with E-state index in [0.717, 1.165) is 0 Å². The number of nitro groups is 1. The molecule has 1 aliphatic heterocycles. The summed E-state index contributed by atoms with van der Waals surface area (Å²) in [5.41, 5.74) is -0.259. The van der Waals surface area contributed by atoms with Gasteiger partial charge in [-0.15, -0.1) is 12.3 Å². The zero-order valence-electron chi connectivity index (χ0n) is 9.17. The number of amides is 1. The van der Waals surface area contributed by atoms with Crippen molar-refractivity contribution in [2.45, 2.75) is 6.42 Å². The summed E-state index contributed by atoms with van der Waals surface area (Å²) in [6, 6.07) is 2.53. The van der Waals surface area contributed by atoms with Crippen molar-refractivity contribution in [2.24, 2.45) is 5.92 Å². The van der Waals surface area contributed by atoms with Crippen LogP contribution in [0.5, 0.6) is 0 Å². The molecule has 1 atom stereocenters. The molecule has 0 aliphatic carbocycles. The molecule has 2 heterocycles. The fraction of sp³-hybridized carbons (Fsp3) is 0.273. The van der Waals surface area contributed by atoms with Crippen LogP contribution in [0.1, 0.15) is 6.42 Å². The van der Waals surface area contributed by atoms with E-state index in [0.29, 0.717) is 0 Å². The van der Waals surface area contributed by atoms with Gasteiger partial charge in [-0.25, -0.2) is 4.98 Å². The topological polar surface area (TPSA) is 76.3 Å². The maximum atomic E-state index is 11.8. The first-order valence-electron chi connectivity index (χ1n) is 5.10. The third-order valence-corrected chi connectivity index (χ3v) is 2.84. The number of hydrogen-bond donors (Lipinski definition) is 0. The molecule has 0 saturated carbocycles. The third kappa shape index (κ3) is 2.13. The van der Waals surface area contributed by atoms with E-state index in [-0.39, 0.29) is 41.4 Å². The highest BCUT2D eigenvalue weighted by Crippen LogP contribution is 2.32. The van der Waals surface area contributed by atoms with Crippen molar-refractivity contribution in [1.82, 2.24) is 4.98 Å². The lowest BCUT2D eigenvalue weighted by Crippen LogP contribution is -2.26. The first-order valence-corrected chi connectivity index (χ1v) is 5.48. The third-order valence-electron chi connectivity index (χ3n) is 2.63. The number of terminal acetylenes is 1. The van der Waals surface area contributed by atoms with Crippen molar-refractivity contribution in [3.63, 3.8) is 0 Å². The Kier molecular flexibility index (Phi) is 3.17. The minimum Gasteiger partial charge on any atom is -0.290 e. The van der Waals surface area contributed by atoms with Crippen LogP contribution in [0.3, 0.4) is 0 Å². The number of rotatable bonds is 2. The normalized spacial score (nSPS) is 18.8. The number of pyridine rings is 1. The van der Waals surface area contributed by atoms with Gasteiger partial charge in [0.25, 0.3) is 0 Å². The minimum atomic E-state index is -0.602. The predicted octanol–water partition coefficient (Wildman–Crippen LogP) is 1.63. The van der Waals surface area contributed by atoms with Crippen molar-refractivity contribution in [3.8, 4) is 12.3 Å². The lowest BCUT2D eigenvalue weighted by molar-refractivity contribution is -0.384. The molecule has 1 aliphatic rings. The van der Waals surface area contributed by atoms with Crippen LogP contribution >= 0.6 is 11.6 Å². The summed E-state index contributed by atoms with van der Waals surface area (Å²) < 4.78 is 0. The molecule has 0 aromatic carbocycles. The number of carbonyl (C=O) groups excluding carboxylic acids is 1. The Bertz CT molecular complexity index is 567. The van der Waals surface area contributed by atoms with Gasteiger partial charge in [-0.05, 0) is 6.07 Å². The van der Waals surface area contributed by atoms with Gasteiger partial charge in [0.15, 0.2) is 0 Å². The van der Waals surface area contributed by atoms with E-state index in [1.165, 1.54) is 17.0 Å². The summed E-state index contributed by atoms with van der Waals surface area (Å²) in [7, 11) is 0. The quantitative estimate of drug-likeness (QED) is 0.352. The van der Waals surface area contributed by atoms with E-state index in [1.807, 2.05) is 0 Å². The number of anilines is 1. The summed E-state index contributed by atoms with van der Waals surface area (Å²) >= 11 is 5.71. The minimum absolute atomic E-state index is 0.0461. The summed E-state index contributed by atoms with van der Waals surface area (Å²) in [6.07, 6.45) is 5.42. The molecule has 92 valence electrons. The number of carbonyl (C=O) groups is 1. The maximum absolute atomic E-state index is 11.8. The largest absolute Gasteiger partial charge is 0.312 e. The van der Waals surface area contributed by atoms with Crippen molar-refractivity contribution >= 4 is 29.0 Å². The molecule has 0 N–H and O–H groups in total. The summed E-state index contributed by atoms with van der Waals surface area (Å²) in [4.78, 5) is 27.1. The molecule has 1 unspecified atom stereocenters. The second-order valence-electron chi connectivity index (χ2n) is 3.81. The Morgan fingerprint density at radius 1 is 1.61 bits per heavy atom. The molecule has 1 aromatic rings. The van der Waals surface area contributed by atoms with Gasteiger partial charge in [0.05, 0.1) is 4.92 Å². The van der Waals surface area contributed by atoms with Gasteiger partial charge < -0.3 is 0 Å². The Morgan fingerprint density at radius 3 is 2.89 bits per heavy atom. The zero-order valence-corrected chi connectivity index (χ0v) is 9.92. The Hall–Kier alpha value is -2.13. The first kappa shape index (κ1) is 12.3. The van der Waals surface area contributed by atoms with Crippen molar-refractivity contribution in [1.29, 1.82) is 0 Å². The number of nitrogens with zero attached hydrogens (tertiary/aromatic N) is 3. The smallest absolute Gasteiger partial charge is 0.290 e. The maximum Gasteiger partial charge on any atom is 0.312 e. The molecule has 7 heteroatoms. The van der Waals surface area contributed by atoms with E-state index in [2.05, 4.69) is 10.9 Å². The SMILES string of the molecule is C#CC1CC(=O)N(c2nc(Cl)ccc2[N+](=O)[O-])C1. The summed E-state index contributed by atoms with van der Waals surface area (Å²) in [5.74, 6) is 1.88. The second kappa shape index (κ2) is 4.63. The van der Waals surface area contributed by atoms with Gasteiger partial charge >= 0.3 is 5.69 Å². The Morgan fingerprint density at radius 2 is 2.33 bits per heavy atom. The number of halogens is 1. The highest BCUT2D eigenvalue weighted by atomic mass is 35.5. The fourth-order valence-electron chi connectivity index (χ4n) is 1.78. The van der Waals surface area contributed by atoms with Crippen molar-refractivity contribution in [2.75, 3.05) is 11.4 Å². The summed E-state index contributed by atoms with van der Waals surface area (Å²) in [5, 5.41) is 11.0. The lowest BCUT2D eigenvalue weighted by atomic mass is 10.1. The molecular weight excluding hydrogens is 258 g/mol. The van der Waals surface area contributed by atoms with E-state index >= 15 is 0 Å². The molecule has 1 fully saturated rings. The molecular formula is C11H8ClN3O3. The van der Waals surface area contributed by atoms with Crippen molar-refractivity contribution < 1.29 is 9.72 Å². The molecule has 0 radical (unpaired) electrons. The molecule has 1 saturated heterocycles. The summed E-state index contributed by atoms with van der Waals surface area (Å²) in [6.45, 7) is 0.226. The van der Waals surface area contributed by atoms with E-state index in [1.54, 1.807) is 0 Å². The van der Waals surface area contributed by atoms with Crippen LogP contribution in [-0.4, -0.2) is 22.4 Å². The van der Waals surface area contributed by atoms with Crippen LogP contribution in [0.2, 0.25) is 5.15 Å². The molecule has 0 spiro atoms. The van der Waals surface area contributed by atoms with Crippen LogP contribution in [0.25, 0.3) is 0 Å². The number of hydrogen-bond acceptors (Lipinski definition) is 4. The van der Waals surface area contributed by atoms with Crippen LogP contribution < -0.4 is 4.90 Å². The predicted molar refractivity (Wildman–Crippen MR) is 65.2 cm³/mol. The lowest BCUT2D eigenvalue weighted by Gasteiger charge is -2.14. The molecule has 0 bridgehead atoms. The first-order chi connectivity index (χ1) is 8.52. The zero-order chi connectivity index (χ0) is 13.3. The Balaban J connectivity index is 2.45. The van der Waals surface area contributed by atoms with Crippen LogP contribution in [0.4, 0.5) is 11.5 Å². The van der Waals surface area contributed by atoms with Gasteiger partial charge in [0.1, 0.15) is 5.15 Å². The van der Waals surface area contributed by atoms with Crippen LogP contribution in [-0.2, 0) is 4.79 Å². The molecule has 2 rings (SSSR count). The van der Waals surface area contributed by atoms with Gasteiger partial charge in [0, 0.05) is 24.9 Å². The molecule has 6 nitrogen and oxygen atoms in total. The van der Waals surface area contributed by atoms with Gasteiger partial charge in [0.2, 0.25) is 11.7 Å². The average Bonchev–Trinajstić information content (AvgIpc) is 2.70. The van der Waals surface area contributed by atoms with Crippen LogP contribution in [0.15, 0.2) is 12.1 Å². The van der Waals surface area contributed by atoms with Gasteiger partial charge in [-0.2, -0.15) is 0 Å². The molecule has 1 amide bonds. The van der Waals surface area contributed by atoms with Crippen molar-refractivity contribution in [3.05, 3.63) is 27.4 Å². The van der Waals surface area contributed by atoms with E-state index < -0.39 is 4.92 Å². The molecule has 18 heavy (non-hydrogen) atoms. The Labute approximate surface area is 108 Å². The van der Waals surface area contributed by atoms with Gasteiger partial charge in [-0.1, -0.05) is 11.6 Å².